The van der Waals surface area contributed by atoms with E-state index in [0.29, 0.717) is 6.04 Å². The average Bonchev–Trinajstić information content (AvgIpc) is 2.79. The molecule has 1 N–H and O–H groups in total. The van der Waals surface area contributed by atoms with Crippen LogP contribution < -0.4 is 5.32 Å². The van der Waals surface area contributed by atoms with Gasteiger partial charge in [-0.1, -0.05) is 0 Å². The second kappa shape index (κ2) is 4.78. The molecule has 0 spiro atoms. The van der Waals surface area contributed by atoms with Crippen molar-refractivity contribution in [1.29, 1.82) is 0 Å². The molecule has 0 aromatic carbocycles. The highest BCUT2D eigenvalue weighted by molar-refractivity contribution is 9.10. The molecule has 0 bridgehead atoms. The second-order valence-electron chi connectivity index (χ2n) is 3.36. The van der Waals surface area contributed by atoms with Crippen LogP contribution >= 0.6 is 38.6 Å². The topological polar surface area (TPSA) is 12.0 Å². The lowest BCUT2D eigenvalue weighted by atomic mass is 10.1. The minimum Gasteiger partial charge on any atom is -0.308 e. The van der Waals surface area contributed by atoms with Crippen molar-refractivity contribution in [2.24, 2.45) is 0 Å². The van der Waals surface area contributed by atoms with Crippen molar-refractivity contribution in [2.45, 2.75) is 13.0 Å². The lowest BCUT2D eigenvalue weighted by Crippen LogP contribution is -2.15. The molecule has 2 aromatic heterocycles. The Balaban J connectivity index is 2.36. The lowest BCUT2D eigenvalue weighted by molar-refractivity contribution is 0.712. The molecule has 0 saturated carbocycles. The highest BCUT2D eigenvalue weighted by Gasteiger charge is 2.16. The van der Waals surface area contributed by atoms with E-state index in [2.05, 4.69) is 51.1 Å². The van der Waals surface area contributed by atoms with E-state index in [9.17, 15) is 0 Å². The molecule has 15 heavy (non-hydrogen) atoms. The van der Waals surface area contributed by atoms with Gasteiger partial charge in [0.2, 0.25) is 0 Å². The Bertz CT molecular complexity index is 447. The third-order valence-corrected chi connectivity index (χ3v) is 5.17. The molecule has 2 aromatic rings. The Kier molecular flexibility index (Phi) is 3.61. The van der Waals surface area contributed by atoms with Gasteiger partial charge in [-0.15, -0.1) is 22.7 Å². The zero-order valence-electron chi connectivity index (χ0n) is 8.58. The smallest absolute Gasteiger partial charge is 0.0765 e. The van der Waals surface area contributed by atoms with Crippen LogP contribution in [0.5, 0.6) is 0 Å². The molecule has 0 fully saturated rings. The minimum absolute atomic E-state index is 0.335. The Hall–Kier alpha value is -0.160. The zero-order chi connectivity index (χ0) is 10.8. The summed E-state index contributed by atoms with van der Waals surface area (Å²) in [7, 11) is 2.01. The summed E-state index contributed by atoms with van der Waals surface area (Å²) in [6.45, 7) is 2.17. The van der Waals surface area contributed by atoms with Gasteiger partial charge in [0.25, 0.3) is 0 Å². The number of hydrogen-bond donors (Lipinski definition) is 1. The van der Waals surface area contributed by atoms with Gasteiger partial charge in [-0.05, 0) is 53.0 Å². The number of thiophene rings is 2. The van der Waals surface area contributed by atoms with Crippen molar-refractivity contribution >= 4 is 38.6 Å². The van der Waals surface area contributed by atoms with E-state index >= 15 is 0 Å². The number of nitrogens with one attached hydrogen (secondary N) is 1. The Labute approximate surface area is 106 Å². The van der Waals surface area contributed by atoms with Gasteiger partial charge in [0.1, 0.15) is 0 Å². The van der Waals surface area contributed by atoms with E-state index in [1.807, 2.05) is 18.4 Å². The van der Waals surface area contributed by atoms with E-state index in [1.165, 1.54) is 15.3 Å². The molecule has 1 nitrogen and oxygen atoms in total. The fraction of sp³-hybridized carbons (Fsp3) is 0.273. The quantitative estimate of drug-likeness (QED) is 0.896. The van der Waals surface area contributed by atoms with E-state index in [0.717, 1.165) is 4.47 Å². The molecule has 2 rings (SSSR count). The molecule has 0 aliphatic carbocycles. The van der Waals surface area contributed by atoms with Gasteiger partial charge >= 0.3 is 0 Å². The second-order valence-corrected chi connectivity index (χ2v) is 6.16. The number of aryl methyl sites for hydroxylation is 1. The molecule has 0 saturated heterocycles. The molecular weight excluding hydrogens is 290 g/mol. The van der Waals surface area contributed by atoms with E-state index < -0.39 is 0 Å². The normalized spacial score (nSPS) is 13.0. The first-order valence-electron chi connectivity index (χ1n) is 4.67. The van der Waals surface area contributed by atoms with Crippen LogP contribution in [0.15, 0.2) is 27.4 Å². The predicted molar refractivity (Wildman–Crippen MR) is 72.0 cm³/mol. The van der Waals surface area contributed by atoms with Gasteiger partial charge in [-0.2, -0.15) is 0 Å². The predicted octanol–water partition coefficient (Wildman–Crippen LogP) is 4.19. The first kappa shape index (κ1) is 11.3. The minimum atomic E-state index is 0.335. The molecule has 0 radical (unpaired) electrons. The maximum absolute atomic E-state index is 3.50. The standard InChI is InChI=1S/C11H12BrNS2/c1-7-3-4-14-11(7)10(13-2)9-5-8(12)6-15-9/h3-6,10,13H,1-2H3. The molecular formula is C11H12BrNS2. The van der Waals surface area contributed by atoms with E-state index in [4.69, 9.17) is 0 Å². The number of rotatable bonds is 3. The van der Waals surface area contributed by atoms with Crippen LogP contribution in [0.3, 0.4) is 0 Å². The van der Waals surface area contributed by atoms with Crippen LogP contribution in [0.4, 0.5) is 0 Å². The number of hydrogen-bond acceptors (Lipinski definition) is 3. The van der Waals surface area contributed by atoms with Gasteiger partial charge in [-0.3, -0.25) is 0 Å². The summed E-state index contributed by atoms with van der Waals surface area (Å²) < 4.78 is 1.16. The van der Waals surface area contributed by atoms with Crippen molar-refractivity contribution in [1.82, 2.24) is 5.32 Å². The van der Waals surface area contributed by atoms with Crippen LogP contribution in [0.2, 0.25) is 0 Å². The molecule has 0 aliphatic rings. The van der Waals surface area contributed by atoms with E-state index in [1.54, 1.807) is 11.3 Å². The summed E-state index contributed by atoms with van der Waals surface area (Å²) in [6.07, 6.45) is 0. The van der Waals surface area contributed by atoms with Crippen molar-refractivity contribution in [3.8, 4) is 0 Å². The highest BCUT2D eigenvalue weighted by Crippen LogP contribution is 2.33. The molecule has 4 heteroatoms. The Morgan fingerprint density at radius 3 is 2.67 bits per heavy atom. The first-order valence-corrected chi connectivity index (χ1v) is 7.22. The third kappa shape index (κ3) is 2.33. The highest BCUT2D eigenvalue weighted by atomic mass is 79.9. The van der Waals surface area contributed by atoms with Gasteiger partial charge in [0, 0.05) is 19.6 Å². The van der Waals surface area contributed by atoms with Gasteiger partial charge in [0.15, 0.2) is 0 Å². The van der Waals surface area contributed by atoms with Crippen molar-refractivity contribution in [3.63, 3.8) is 0 Å². The van der Waals surface area contributed by atoms with Crippen LogP contribution in [-0.4, -0.2) is 7.05 Å². The van der Waals surface area contributed by atoms with Gasteiger partial charge < -0.3 is 5.32 Å². The van der Waals surface area contributed by atoms with Crippen LogP contribution in [0.1, 0.15) is 21.4 Å². The van der Waals surface area contributed by atoms with Crippen molar-refractivity contribution in [2.75, 3.05) is 7.05 Å². The summed E-state index contributed by atoms with van der Waals surface area (Å²) in [6, 6.07) is 4.69. The summed E-state index contributed by atoms with van der Waals surface area (Å²) in [5, 5.41) is 7.65. The third-order valence-electron chi connectivity index (χ3n) is 2.32. The largest absolute Gasteiger partial charge is 0.308 e. The fourth-order valence-electron chi connectivity index (χ4n) is 1.56. The molecule has 0 aliphatic heterocycles. The summed E-state index contributed by atoms with van der Waals surface area (Å²) in [5.74, 6) is 0. The van der Waals surface area contributed by atoms with Crippen molar-refractivity contribution in [3.05, 3.63) is 42.7 Å². The molecule has 1 unspecified atom stereocenters. The summed E-state index contributed by atoms with van der Waals surface area (Å²) >= 11 is 7.10. The molecule has 80 valence electrons. The van der Waals surface area contributed by atoms with Crippen molar-refractivity contribution < 1.29 is 0 Å². The number of halogens is 1. The Morgan fingerprint density at radius 2 is 2.20 bits per heavy atom. The SMILES string of the molecule is CNC(c1cc(Br)cs1)c1sccc1C. The fourth-order valence-corrected chi connectivity index (χ4v) is 4.25. The average molecular weight is 302 g/mol. The molecule has 1 atom stereocenters. The molecule has 2 heterocycles. The zero-order valence-corrected chi connectivity index (χ0v) is 11.8. The first-order chi connectivity index (χ1) is 7.22. The lowest BCUT2D eigenvalue weighted by Gasteiger charge is -2.13. The maximum atomic E-state index is 3.50. The van der Waals surface area contributed by atoms with Gasteiger partial charge in [-0.25, -0.2) is 0 Å². The van der Waals surface area contributed by atoms with Gasteiger partial charge in [0.05, 0.1) is 6.04 Å². The maximum Gasteiger partial charge on any atom is 0.0765 e. The van der Waals surface area contributed by atoms with E-state index in [-0.39, 0.29) is 0 Å². The van der Waals surface area contributed by atoms with Crippen LogP contribution in [-0.2, 0) is 0 Å². The monoisotopic (exact) mass is 301 g/mol. The Morgan fingerprint density at radius 1 is 1.40 bits per heavy atom. The molecule has 0 amide bonds. The summed E-state index contributed by atoms with van der Waals surface area (Å²) in [5.41, 5.74) is 1.36. The van der Waals surface area contributed by atoms with Crippen LogP contribution in [0, 0.1) is 6.92 Å². The van der Waals surface area contributed by atoms with Crippen LogP contribution in [0.25, 0.3) is 0 Å². The summed E-state index contributed by atoms with van der Waals surface area (Å²) in [4.78, 5) is 2.77.